The molecule has 4 fully saturated rings. The SMILES string of the molecule is CC1(C)C2CC[C@]3(C)C(C(=O)C=C4[C@H]5C[C@@](C)(C(=O)[O-])CC[C@]5(C)CC[C@]43C)[C@@]2(C)CC[C@@H]1O.[Na+]. The molecule has 0 aromatic rings. The Hall–Kier alpha value is -0.160. The summed E-state index contributed by atoms with van der Waals surface area (Å²) >= 11 is 0. The molecule has 5 rings (SSSR count). The molecule has 0 spiro atoms. The largest absolute Gasteiger partial charge is 1.00 e. The van der Waals surface area contributed by atoms with E-state index in [1.54, 1.807) is 0 Å². The molecule has 0 radical (unpaired) electrons. The summed E-state index contributed by atoms with van der Waals surface area (Å²) < 4.78 is 0. The first-order chi connectivity index (χ1) is 15.6. The normalized spacial score (nSPS) is 52.6. The molecule has 190 valence electrons. The van der Waals surface area contributed by atoms with Gasteiger partial charge in [-0.15, -0.1) is 0 Å². The first-order valence-electron chi connectivity index (χ1n) is 13.7. The molecule has 35 heavy (non-hydrogen) atoms. The molecule has 0 aliphatic heterocycles. The third kappa shape index (κ3) is 3.44. The van der Waals surface area contributed by atoms with E-state index in [1.165, 1.54) is 5.57 Å². The van der Waals surface area contributed by atoms with E-state index in [9.17, 15) is 19.8 Å². The number of aliphatic carboxylic acids is 1. The van der Waals surface area contributed by atoms with Crippen molar-refractivity contribution in [3.05, 3.63) is 11.6 Å². The van der Waals surface area contributed by atoms with Gasteiger partial charge in [0.2, 0.25) is 0 Å². The maximum atomic E-state index is 14.2. The van der Waals surface area contributed by atoms with Crippen LogP contribution in [0.25, 0.3) is 0 Å². The molecule has 4 nitrogen and oxygen atoms in total. The van der Waals surface area contributed by atoms with Crippen LogP contribution in [0.1, 0.15) is 106 Å². The maximum Gasteiger partial charge on any atom is 1.00 e. The number of carboxylic acids is 1. The van der Waals surface area contributed by atoms with Crippen molar-refractivity contribution in [3.63, 3.8) is 0 Å². The summed E-state index contributed by atoms with van der Waals surface area (Å²) in [4.78, 5) is 26.3. The van der Waals surface area contributed by atoms with E-state index >= 15 is 0 Å². The molecule has 0 aromatic heterocycles. The number of carbonyl (C=O) groups excluding carboxylic acids is 2. The number of allylic oxidation sites excluding steroid dienone is 2. The van der Waals surface area contributed by atoms with Gasteiger partial charge in [-0.05, 0) is 103 Å². The molecule has 5 heteroatoms. The third-order valence-electron chi connectivity index (χ3n) is 13.0. The molecular weight excluding hydrogens is 447 g/mol. The van der Waals surface area contributed by atoms with Crippen molar-refractivity contribution in [1.82, 2.24) is 0 Å². The number of rotatable bonds is 1. The Balaban J connectivity index is 0.00000289. The number of aliphatic hydroxyl groups excluding tert-OH is 1. The van der Waals surface area contributed by atoms with Gasteiger partial charge in [0.05, 0.1) is 6.10 Å². The summed E-state index contributed by atoms with van der Waals surface area (Å²) in [5, 5.41) is 23.0. The van der Waals surface area contributed by atoms with Gasteiger partial charge in [0.15, 0.2) is 5.78 Å². The number of carboxylic acid groups (broad SMARTS) is 1. The predicted molar refractivity (Wildman–Crippen MR) is 130 cm³/mol. The van der Waals surface area contributed by atoms with E-state index < -0.39 is 11.4 Å². The Morgan fingerprint density at radius 2 is 1.57 bits per heavy atom. The van der Waals surface area contributed by atoms with Crippen LogP contribution in [0, 0.1) is 50.2 Å². The number of ketones is 1. The molecule has 0 amide bonds. The van der Waals surface area contributed by atoms with Crippen LogP contribution in [0.3, 0.4) is 0 Å². The zero-order valence-electron chi connectivity index (χ0n) is 23.4. The number of aliphatic hydroxyl groups is 1. The standard InChI is InChI=1S/C30H46O4.Na/c1-25(2)21-8-11-30(7)23(28(21,5)10-9-22(25)32)20(31)16-18-19-17-27(4,24(33)34)13-12-26(19,3)14-15-29(18,30)6;/h16,19,21-23,32H,8-15,17H2,1-7H3,(H,33,34);/q;+1/p-1/t19-,21?,22+,23?,26-,27+,28+,29-,30-;/m1./s1. The second-order valence-electron chi connectivity index (χ2n) is 14.9. The Morgan fingerprint density at radius 3 is 2.20 bits per heavy atom. The summed E-state index contributed by atoms with van der Waals surface area (Å²) in [6, 6.07) is 0. The molecule has 5 aliphatic rings. The van der Waals surface area contributed by atoms with Gasteiger partial charge >= 0.3 is 29.6 Å². The van der Waals surface area contributed by atoms with Gasteiger partial charge in [-0.2, -0.15) is 0 Å². The van der Waals surface area contributed by atoms with Crippen molar-refractivity contribution in [3.8, 4) is 0 Å². The van der Waals surface area contributed by atoms with Crippen molar-refractivity contribution < 1.29 is 49.4 Å². The van der Waals surface area contributed by atoms with Gasteiger partial charge in [0, 0.05) is 17.3 Å². The number of hydrogen-bond donors (Lipinski definition) is 1. The number of carbonyl (C=O) groups is 2. The summed E-state index contributed by atoms with van der Waals surface area (Å²) in [7, 11) is 0. The second-order valence-corrected chi connectivity index (χ2v) is 14.9. The minimum absolute atomic E-state index is 0. The molecule has 0 bridgehead atoms. The smallest absolute Gasteiger partial charge is 0.550 e. The molecule has 9 atom stereocenters. The number of fused-ring (bicyclic) bond motifs is 7. The van der Waals surface area contributed by atoms with Gasteiger partial charge in [0.1, 0.15) is 0 Å². The van der Waals surface area contributed by atoms with E-state index in [1.807, 2.05) is 13.0 Å². The van der Waals surface area contributed by atoms with E-state index in [0.29, 0.717) is 18.8 Å². The van der Waals surface area contributed by atoms with Crippen molar-refractivity contribution in [2.24, 2.45) is 50.2 Å². The molecule has 2 unspecified atom stereocenters. The molecule has 5 aliphatic carbocycles. The van der Waals surface area contributed by atoms with Gasteiger partial charge in [-0.1, -0.05) is 54.0 Å². The fraction of sp³-hybridized carbons (Fsp3) is 0.867. The minimum atomic E-state index is -0.940. The fourth-order valence-electron chi connectivity index (χ4n) is 10.4. The molecule has 0 aromatic carbocycles. The molecule has 4 saturated carbocycles. The van der Waals surface area contributed by atoms with E-state index in [4.69, 9.17) is 0 Å². The average molecular weight is 493 g/mol. The van der Waals surface area contributed by atoms with Crippen molar-refractivity contribution in [2.75, 3.05) is 0 Å². The van der Waals surface area contributed by atoms with Crippen molar-refractivity contribution in [1.29, 1.82) is 0 Å². The Bertz CT molecular complexity index is 971. The topological polar surface area (TPSA) is 77.4 Å². The van der Waals surface area contributed by atoms with Crippen LogP contribution in [0.5, 0.6) is 0 Å². The first-order valence-corrected chi connectivity index (χ1v) is 13.7. The van der Waals surface area contributed by atoms with Gasteiger partial charge in [-0.3, -0.25) is 4.79 Å². The van der Waals surface area contributed by atoms with Crippen LogP contribution < -0.4 is 34.7 Å². The third-order valence-corrected chi connectivity index (χ3v) is 13.0. The van der Waals surface area contributed by atoms with Crippen LogP contribution in [-0.4, -0.2) is 23.0 Å². The maximum absolute atomic E-state index is 14.2. The molecular formula is C30H45NaO4. The molecule has 1 N–H and O–H groups in total. The first kappa shape index (κ1) is 27.9. The summed E-state index contributed by atoms with van der Waals surface area (Å²) in [6.07, 6.45) is 9.69. The zero-order valence-corrected chi connectivity index (χ0v) is 25.4. The summed E-state index contributed by atoms with van der Waals surface area (Å²) in [6.45, 7) is 15.7. The second kappa shape index (κ2) is 8.17. The van der Waals surface area contributed by atoms with Crippen molar-refractivity contribution >= 4 is 11.8 Å². The predicted octanol–water partition coefficient (Wildman–Crippen LogP) is 2.08. The Morgan fingerprint density at radius 1 is 0.943 bits per heavy atom. The number of hydrogen-bond acceptors (Lipinski definition) is 4. The van der Waals surface area contributed by atoms with E-state index in [2.05, 4.69) is 41.5 Å². The van der Waals surface area contributed by atoms with E-state index in [0.717, 1.165) is 44.9 Å². The van der Waals surface area contributed by atoms with Crippen LogP contribution in [0.15, 0.2) is 11.6 Å². The zero-order chi connectivity index (χ0) is 25.1. The van der Waals surface area contributed by atoms with Gasteiger partial charge in [0.25, 0.3) is 0 Å². The molecule has 0 saturated heterocycles. The monoisotopic (exact) mass is 492 g/mol. The quantitative estimate of drug-likeness (QED) is 0.569. The fourth-order valence-corrected chi connectivity index (χ4v) is 10.4. The molecule has 0 heterocycles. The van der Waals surface area contributed by atoms with Crippen LogP contribution in [0.2, 0.25) is 0 Å². The summed E-state index contributed by atoms with van der Waals surface area (Å²) in [5.41, 5.74) is -0.0781. The summed E-state index contributed by atoms with van der Waals surface area (Å²) in [5.74, 6) is -0.266. The Labute approximate surface area is 234 Å². The average Bonchev–Trinajstić information content (AvgIpc) is 2.73. The Kier molecular flexibility index (Phi) is 6.50. The van der Waals surface area contributed by atoms with E-state index in [-0.39, 0.29) is 80.4 Å². The van der Waals surface area contributed by atoms with Gasteiger partial charge in [-0.25, -0.2) is 0 Å². The van der Waals surface area contributed by atoms with Crippen LogP contribution in [-0.2, 0) is 9.59 Å². The van der Waals surface area contributed by atoms with Gasteiger partial charge < -0.3 is 15.0 Å². The van der Waals surface area contributed by atoms with Crippen LogP contribution in [0.4, 0.5) is 0 Å². The van der Waals surface area contributed by atoms with Crippen molar-refractivity contribution in [2.45, 2.75) is 112 Å². The minimum Gasteiger partial charge on any atom is -0.550 e. The van der Waals surface area contributed by atoms with Crippen LogP contribution >= 0.6 is 0 Å².